The van der Waals surface area contributed by atoms with Crippen LogP contribution in [0, 0.1) is 5.92 Å². The number of amides is 1. The molecule has 1 fully saturated rings. The van der Waals surface area contributed by atoms with Crippen LogP contribution in [0.15, 0.2) is 35.9 Å². The molecule has 0 spiro atoms. The van der Waals surface area contributed by atoms with E-state index in [4.69, 9.17) is 11.6 Å². The third kappa shape index (κ3) is 3.67. The quantitative estimate of drug-likeness (QED) is 0.628. The molecule has 22 heavy (non-hydrogen) atoms. The summed E-state index contributed by atoms with van der Waals surface area (Å²) >= 11 is 6.05. The molecule has 1 amide bonds. The van der Waals surface area contributed by atoms with Gasteiger partial charge in [-0.05, 0) is 30.7 Å². The van der Waals surface area contributed by atoms with Crippen LogP contribution in [0.4, 0.5) is 0 Å². The molecule has 1 aromatic carbocycles. The number of carbonyl (C=O) groups excluding carboxylic acids is 1. The van der Waals surface area contributed by atoms with E-state index in [2.05, 4.69) is 27.6 Å². The number of hydrogen-bond acceptors (Lipinski definition) is 4. The van der Waals surface area contributed by atoms with Crippen LogP contribution in [-0.2, 0) is 4.79 Å². The summed E-state index contributed by atoms with van der Waals surface area (Å²) in [6.07, 6.45) is 3.16. The lowest BCUT2D eigenvalue weighted by molar-refractivity contribution is -0.124. The Bertz CT molecular complexity index is 575. The zero-order valence-electron chi connectivity index (χ0n) is 12.4. The van der Waals surface area contributed by atoms with Crippen molar-refractivity contribution in [2.24, 2.45) is 5.92 Å². The maximum Gasteiger partial charge on any atom is 0.226 e. The summed E-state index contributed by atoms with van der Waals surface area (Å²) < 4.78 is 0. The van der Waals surface area contributed by atoms with E-state index in [1.807, 2.05) is 24.3 Å². The molecule has 0 radical (unpaired) electrons. The first kappa shape index (κ1) is 15.5. The summed E-state index contributed by atoms with van der Waals surface area (Å²) in [6, 6.07) is 7.59. The molecule has 5 nitrogen and oxygen atoms in total. The third-order valence-corrected chi connectivity index (χ3v) is 4.41. The van der Waals surface area contributed by atoms with Crippen molar-refractivity contribution < 1.29 is 4.79 Å². The van der Waals surface area contributed by atoms with Crippen molar-refractivity contribution in [3.63, 3.8) is 0 Å². The van der Waals surface area contributed by atoms with Gasteiger partial charge in [0.05, 0.1) is 12.0 Å². The molecule has 4 N–H and O–H groups in total. The highest BCUT2D eigenvalue weighted by Crippen LogP contribution is 2.26. The minimum Gasteiger partial charge on any atom is -0.352 e. The van der Waals surface area contributed by atoms with Gasteiger partial charge in [-0.15, -0.1) is 0 Å². The van der Waals surface area contributed by atoms with Gasteiger partial charge in [0.15, 0.2) is 0 Å². The van der Waals surface area contributed by atoms with E-state index in [0.717, 1.165) is 25.1 Å². The third-order valence-electron chi connectivity index (χ3n) is 4.17. The van der Waals surface area contributed by atoms with Crippen molar-refractivity contribution in [2.45, 2.75) is 12.5 Å². The number of halogens is 1. The SMILES string of the molecule is O=C(NCC1=CCNCC1)C1CNNC1c1cccc(Cl)c1. The van der Waals surface area contributed by atoms with Crippen molar-refractivity contribution in [3.05, 3.63) is 46.5 Å². The van der Waals surface area contributed by atoms with E-state index >= 15 is 0 Å². The molecule has 2 heterocycles. The number of hydrazine groups is 1. The molecule has 0 aliphatic carbocycles. The smallest absolute Gasteiger partial charge is 0.226 e. The van der Waals surface area contributed by atoms with Crippen LogP contribution in [0.5, 0.6) is 0 Å². The Hall–Kier alpha value is -1.40. The fourth-order valence-electron chi connectivity index (χ4n) is 2.92. The van der Waals surface area contributed by atoms with Gasteiger partial charge in [-0.25, -0.2) is 5.43 Å². The molecule has 2 unspecified atom stereocenters. The Morgan fingerprint density at radius 1 is 1.41 bits per heavy atom. The Labute approximate surface area is 135 Å². The zero-order valence-corrected chi connectivity index (χ0v) is 13.1. The molecule has 1 saturated heterocycles. The van der Waals surface area contributed by atoms with Gasteiger partial charge in [0.25, 0.3) is 0 Å². The van der Waals surface area contributed by atoms with Gasteiger partial charge in [0, 0.05) is 24.7 Å². The van der Waals surface area contributed by atoms with E-state index in [-0.39, 0.29) is 17.9 Å². The predicted molar refractivity (Wildman–Crippen MR) is 87.4 cm³/mol. The van der Waals surface area contributed by atoms with Crippen LogP contribution in [-0.4, -0.2) is 32.1 Å². The molecule has 6 heteroatoms. The fourth-order valence-corrected chi connectivity index (χ4v) is 3.12. The number of hydrogen-bond donors (Lipinski definition) is 4. The predicted octanol–water partition coefficient (Wildman–Crippen LogP) is 1.14. The average molecular weight is 321 g/mol. The molecule has 1 aromatic rings. The van der Waals surface area contributed by atoms with Gasteiger partial charge in [0.1, 0.15) is 0 Å². The lowest BCUT2D eigenvalue weighted by Gasteiger charge is -2.20. The highest BCUT2D eigenvalue weighted by molar-refractivity contribution is 6.30. The van der Waals surface area contributed by atoms with Crippen LogP contribution < -0.4 is 21.5 Å². The van der Waals surface area contributed by atoms with E-state index < -0.39 is 0 Å². The molecule has 2 atom stereocenters. The Balaban J connectivity index is 1.62. The van der Waals surface area contributed by atoms with Crippen molar-refractivity contribution >= 4 is 17.5 Å². The second kappa shape index (κ2) is 7.24. The number of nitrogens with one attached hydrogen (secondary N) is 4. The van der Waals surface area contributed by atoms with E-state index in [9.17, 15) is 4.79 Å². The normalized spacial score (nSPS) is 24.9. The molecule has 2 aliphatic heterocycles. The first-order valence-electron chi connectivity index (χ1n) is 7.64. The summed E-state index contributed by atoms with van der Waals surface area (Å²) in [5.74, 6) is -0.0670. The largest absolute Gasteiger partial charge is 0.352 e. The van der Waals surface area contributed by atoms with Gasteiger partial charge in [-0.2, -0.15) is 0 Å². The van der Waals surface area contributed by atoms with Gasteiger partial charge < -0.3 is 10.6 Å². The second-order valence-electron chi connectivity index (χ2n) is 5.70. The van der Waals surface area contributed by atoms with Crippen LogP contribution in [0.3, 0.4) is 0 Å². The number of carbonyl (C=O) groups is 1. The van der Waals surface area contributed by atoms with Crippen molar-refractivity contribution in [1.82, 2.24) is 21.5 Å². The highest BCUT2D eigenvalue weighted by Gasteiger charge is 2.33. The Kier molecular flexibility index (Phi) is 5.10. The zero-order chi connectivity index (χ0) is 15.4. The maximum atomic E-state index is 12.5. The van der Waals surface area contributed by atoms with Crippen LogP contribution in [0.1, 0.15) is 18.0 Å². The Morgan fingerprint density at radius 3 is 3.09 bits per heavy atom. The fraction of sp³-hybridized carbons (Fsp3) is 0.438. The van der Waals surface area contributed by atoms with E-state index in [0.29, 0.717) is 18.1 Å². The highest BCUT2D eigenvalue weighted by atomic mass is 35.5. The second-order valence-corrected chi connectivity index (χ2v) is 6.14. The van der Waals surface area contributed by atoms with E-state index in [1.54, 1.807) is 0 Å². The minimum atomic E-state index is -0.138. The van der Waals surface area contributed by atoms with E-state index in [1.165, 1.54) is 5.57 Å². The summed E-state index contributed by atoms with van der Waals surface area (Å²) in [5.41, 5.74) is 8.58. The summed E-state index contributed by atoms with van der Waals surface area (Å²) in [7, 11) is 0. The Morgan fingerprint density at radius 2 is 2.32 bits per heavy atom. The minimum absolute atomic E-state index is 0.0549. The summed E-state index contributed by atoms with van der Waals surface area (Å²) in [5, 5.41) is 7.02. The van der Waals surface area contributed by atoms with Crippen LogP contribution in [0.25, 0.3) is 0 Å². The monoisotopic (exact) mass is 320 g/mol. The van der Waals surface area contributed by atoms with Crippen LogP contribution >= 0.6 is 11.6 Å². The first-order valence-corrected chi connectivity index (χ1v) is 8.02. The van der Waals surface area contributed by atoms with Crippen molar-refractivity contribution in [1.29, 1.82) is 0 Å². The molecule has 0 aromatic heterocycles. The molecule has 0 bridgehead atoms. The number of benzene rings is 1. The van der Waals surface area contributed by atoms with Gasteiger partial charge in [0.2, 0.25) is 5.91 Å². The molecule has 2 aliphatic rings. The standard InChI is InChI=1S/C16H21ClN4O/c17-13-3-1-2-12(8-13)15-14(10-20-21-15)16(22)19-9-11-4-6-18-7-5-11/h1-4,8,14-15,18,20-21H,5-7,9-10H2,(H,19,22). The molecular weight excluding hydrogens is 300 g/mol. The average Bonchev–Trinajstić information content (AvgIpc) is 3.03. The molecule has 3 rings (SSSR count). The summed E-state index contributed by atoms with van der Waals surface area (Å²) in [6.45, 7) is 3.13. The van der Waals surface area contributed by atoms with Gasteiger partial charge >= 0.3 is 0 Å². The molecule has 118 valence electrons. The number of rotatable bonds is 4. The lowest BCUT2D eigenvalue weighted by Crippen LogP contribution is -2.37. The topological polar surface area (TPSA) is 65.2 Å². The van der Waals surface area contributed by atoms with Gasteiger partial charge in [-0.3, -0.25) is 10.2 Å². The van der Waals surface area contributed by atoms with Crippen LogP contribution in [0.2, 0.25) is 5.02 Å². The van der Waals surface area contributed by atoms with Crippen molar-refractivity contribution in [3.8, 4) is 0 Å². The maximum absolute atomic E-state index is 12.5. The summed E-state index contributed by atoms with van der Waals surface area (Å²) in [4.78, 5) is 12.5. The van der Waals surface area contributed by atoms with Crippen molar-refractivity contribution in [2.75, 3.05) is 26.2 Å². The van der Waals surface area contributed by atoms with Gasteiger partial charge in [-0.1, -0.05) is 35.4 Å². The first-order chi connectivity index (χ1) is 10.7. The molecule has 0 saturated carbocycles. The lowest BCUT2D eigenvalue weighted by atomic mass is 9.94. The molecular formula is C16H21ClN4O.